The van der Waals surface area contributed by atoms with E-state index in [2.05, 4.69) is 24.3 Å². The molecule has 1 aromatic rings. The Balaban J connectivity index is 1.44. The molecule has 2 aliphatic heterocycles. The molecular weight excluding hydrogens is 356 g/mol. The maximum Gasteiger partial charge on any atom is 0.227 e. The molecule has 148 valence electrons. The van der Waals surface area contributed by atoms with Crippen LogP contribution in [0.3, 0.4) is 0 Å². The molecule has 4 rings (SSSR count). The summed E-state index contributed by atoms with van der Waals surface area (Å²) in [6.07, 6.45) is 10.6. The third-order valence-electron chi connectivity index (χ3n) is 6.93. The Morgan fingerprint density at radius 1 is 1.07 bits per heavy atom. The summed E-state index contributed by atoms with van der Waals surface area (Å²) in [4.78, 5) is 15.0. The minimum Gasteiger partial charge on any atom is -0.336 e. The second-order valence-corrected chi connectivity index (χ2v) is 11.2. The molecule has 1 N–H and O–H groups in total. The third-order valence-corrected chi connectivity index (χ3v) is 8.88. The van der Waals surface area contributed by atoms with E-state index in [-0.39, 0.29) is 11.4 Å². The minimum atomic E-state index is -2.53. The molecule has 1 spiro atoms. The number of benzene rings is 1. The van der Waals surface area contributed by atoms with Gasteiger partial charge >= 0.3 is 0 Å². The predicted octanol–water partition coefficient (Wildman–Crippen LogP) is 4.48. The zero-order valence-electron chi connectivity index (χ0n) is 16.3. The number of likely N-dealkylation sites (tertiary alicyclic amines) is 1. The number of rotatable bonds is 3. The lowest BCUT2D eigenvalue weighted by Crippen LogP contribution is -2.54. The highest BCUT2D eigenvalue weighted by atomic mass is 32.2. The highest BCUT2D eigenvalue weighted by molar-refractivity contribution is 7.92. The molecule has 1 aliphatic carbocycles. The van der Waals surface area contributed by atoms with Crippen molar-refractivity contribution in [3.05, 3.63) is 35.4 Å². The lowest BCUT2D eigenvalue weighted by atomic mass is 9.84. The number of nitrogens with one attached hydrogen (secondary N) is 1. The summed E-state index contributed by atoms with van der Waals surface area (Å²) in [7, 11) is -2.53. The van der Waals surface area contributed by atoms with Gasteiger partial charge in [-0.15, -0.1) is 0 Å². The lowest BCUT2D eigenvalue weighted by Gasteiger charge is -2.42. The zero-order chi connectivity index (χ0) is 18.9. The van der Waals surface area contributed by atoms with Gasteiger partial charge in [-0.25, -0.2) is 4.21 Å². The molecule has 2 saturated heterocycles. The maximum absolute atomic E-state index is 13.1. The summed E-state index contributed by atoms with van der Waals surface area (Å²) in [5.41, 5.74) is 2.18. The monoisotopic (exact) mass is 388 g/mol. The van der Waals surface area contributed by atoms with Crippen molar-refractivity contribution in [2.75, 3.05) is 18.1 Å². The Morgan fingerprint density at radius 2 is 1.78 bits per heavy atom. The molecule has 5 heteroatoms. The van der Waals surface area contributed by atoms with E-state index in [4.69, 9.17) is 4.78 Å². The predicted molar refractivity (Wildman–Crippen MR) is 109 cm³/mol. The van der Waals surface area contributed by atoms with Crippen molar-refractivity contribution in [1.29, 1.82) is 4.78 Å². The number of hydrogen-bond acceptors (Lipinski definition) is 3. The Labute approximate surface area is 163 Å². The van der Waals surface area contributed by atoms with Crippen molar-refractivity contribution in [2.45, 2.75) is 75.7 Å². The average Bonchev–Trinajstić information content (AvgIpc) is 3.04. The van der Waals surface area contributed by atoms with E-state index in [0.29, 0.717) is 23.8 Å². The molecular formula is C22H32N2O2S. The van der Waals surface area contributed by atoms with E-state index >= 15 is 0 Å². The fourth-order valence-electron chi connectivity index (χ4n) is 5.56. The van der Waals surface area contributed by atoms with Crippen LogP contribution in [0.15, 0.2) is 24.3 Å². The van der Waals surface area contributed by atoms with Crippen LogP contribution in [-0.4, -0.2) is 38.6 Å². The molecule has 2 unspecified atom stereocenters. The van der Waals surface area contributed by atoms with Gasteiger partial charge in [-0.1, -0.05) is 43.5 Å². The van der Waals surface area contributed by atoms with E-state index in [1.54, 1.807) is 0 Å². The van der Waals surface area contributed by atoms with Crippen LogP contribution in [-0.2, 0) is 20.9 Å². The van der Waals surface area contributed by atoms with Gasteiger partial charge in [0.15, 0.2) is 0 Å². The molecule has 0 radical (unpaired) electrons. The molecule has 4 nitrogen and oxygen atoms in total. The Morgan fingerprint density at radius 3 is 2.48 bits per heavy atom. The summed E-state index contributed by atoms with van der Waals surface area (Å²) >= 11 is 0. The van der Waals surface area contributed by atoms with Gasteiger partial charge in [0, 0.05) is 22.0 Å². The largest absolute Gasteiger partial charge is 0.336 e. The number of hydrogen-bond donors (Lipinski definition) is 1. The summed E-state index contributed by atoms with van der Waals surface area (Å²) in [6.45, 7) is 0.758. The van der Waals surface area contributed by atoms with Crippen molar-refractivity contribution < 1.29 is 9.00 Å². The Bertz CT molecular complexity index is 781. The van der Waals surface area contributed by atoms with Crippen molar-refractivity contribution in [2.24, 2.45) is 0 Å². The van der Waals surface area contributed by atoms with Crippen LogP contribution < -0.4 is 0 Å². The van der Waals surface area contributed by atoms with Gasteiger partial charge < -0.3 is 4.90 Å². The summed E-state index contributed by atoms with van der Waals surface area (Å²) in [5, 5.41) is 0. The Kier molecular flexibility index (Phi) is 5.32. The first-order valence-electron chi connectivity index (χ1n) is 10.6. The molecule has 1 amide bonds. The highest BCUT2D eigenvalue weighted by Crippen LogP contribution is 2.39. The fraction of sp³-hybridized carbons (Fsp3) is 0.682. The van der Waals surface area contributed by atoms with Gasteiger partial charge in [-0.05, 0) is 55.6 Å². The van der Waals surface area contributed by atoms with Crippen LogP contribution in [0.2, 0.25) is 0 Å². The van der Waals surface area contributed by atoms with Crippen LogP contribution in [0.25, 0.3) is 0 Å². The van der Waals surface area contributed by atoms with Gasteiger partial charge in [-0.2, -0.15) is 0 Å². The Hall–Kier alpha value is -1.36. The second kappa shape index (κ2) is 7.57. The van der Waals surface area contributed by atoms with Gasteiger partial charge in [0.25, 0.3) is 0 Å². The number of amides is 1. The van der Waals surface area contributed by atoms with Crippen molar-refractivity contribution in [3.8, 4) is 0 Å². The van der Waals surface area contributed by atoms with E-state index in [0.717, 1.165) is 37.8 Å². The third kappa shape index (κ3) is 4.08. The molecule has 2 atom stereocenters. The van der Waals surface area contributed by atoms with Crippen LogP contribution in [0.1, 0.15) is 74.8 Å². The van der Waals surface area contributed by atoms with E-state index in [9.17, 15) is 9.00 Å². The van der Waals surface area contributed by atoms with E-state index in [1.165, 1.54) is 37.7 Å². The molecule has 27 heavy (non-hydrogen) atoms. The maximum atomic E-state index is 13.1. The molecule has 0 bridgehead atoms. The molecule has 3 aliphatic rings. The van der Waals surface area contributed by atoms with E-state index < -0.39 is 9.73 Å². The molecule has 2 heterocycles. The summed E-state index contributed by atoms with van der Waals surface area (Å²) in [6, 6.07) is 8.68. The summed E-state index contributed by atoms with van der Waals surface area (Å²) < 4.78 is 20.5. The van der Waals surface area contributed by atoms with Gasteiger partial charge in [0.1, 0.15) is 0 Å². The summed E-state index contributed by atoms with van der Waals surface area (Å²) in [5.74, 6) is 1.72. The first-order valence-corrected chi connectivity index (χ1v) is 12.5. The van der Waals surface area contributed by atoms with Crippen LogP contribution in [0.4, 0.5) is 0 Å². The van der Waals surface area contributed by atoms with Crippen LogP contribution in [0.5, 0.6) is 0 Å². The van der Waals surface area contributed by atoms with Crippen molar-refractivity contribution in [3.63, 3.8) is 0 Å². The topological polar surface area (TPSA) is 61.2 Å². The number of carbonyl (C=O) groups is 1. The second-order valence-electron chi connectivity index (χ2n) is 8.89. The van der Waals surface area contributed by atoms with Gasteiger partial charge in [0.2, 0.25) is 5.91 Å². The normalized spacial score (nSPS) is 32.1. The number of carbonyl (C=O) groups excluding carboxylic acids is 1. The smallest absolute Gasteiger partial charge is 0.227 e. The zero-order valence-corrected chi connectivity index (χ0v) is 17.1. The molecule has 1 saturated carbocycles. The van der Waals surface area contributed by atoms with Crippen molar-refractivity contribution in [1.82, 2.24) is 4.90 Å². The first-order chi connectivity index (χ1) is 13.0. The standard InChI is InChI=1S/C22H32N2O2S/c23-27(26)15-5-13-22(17-27)12-4-14-24(22)21(25)16-18-8-10-20(11-9-18)19-6-2-1-3-7-19/h8-11,19,23H,1-7,12-17H2. The lowest BCUT2D eigenvalue weighted by molar-refractivity contribution is -0.134. The fourth-order valence-corrected chi connectivity index (χ4v) is 7.63. The first kappa shape index (κ1) is 19.0. The molecule has 3 fully saturated rings. The number of nitrogens with zero attached hydrogens (tertiary/aromatic N) is 1. The van der Waals surface area contributed by atoms with E-state index in [1.807, 2.05) is 4.90 Å². The quantitative estimate of drug-likeness (QED) is 0.830. The minimum absolute atomic E-state index is 0.148. The SMILES string of the molecule is N=S1(=O)CCCC2(CCCN2C(=O)Cc2ccc(C3CCCCC3)cc2)C1. The van der Waals surface area contributed by atoms with Crippen LogP contribution in [0, 0.1) is 4.78 Å². The highest BCUT2D eigenvalue weighted by Gasteiger charge is 2.47. The van der Waals surface area contributed by atoms with Gasteiger partial charge in [0.05, 0.1) is 17.7 Å². The molecule has 0 aromatic heterocycles. The molecule has 1 aromatic carbocycles. The van der Waals surface area contributed by atoms with Crippen molar-refractivity contribution >= 4 is 15.6 Å². The van der Waals surface area contributed by atoms with Crippen LogP contribution >= 0.6 is 0 Å². The average molecular weight is 389 g/mol. The van der Waals surface area contributed by atoms with Gasteiger partial charge in [-0.3, -0.25) is 9.57 Å².